The van der Waals surface area contributed by atoms with Crippen LogP contribution in [-0.4, -0.2) is 11.4 Å². The number of nitrogens with two attached hydrogens (primary N) is 1. The van der Waals surface area contributed by atoms with Crippen molar-refractivity contribution >= 4 is 35.6 Å². The average molecular weight is 317 g/mol. The summed E-state index contributed by atoms with van der Waals surface area (Å²) in [5, 5.41) is 3.60. The highest BCUT2D eigenvalue weighted by molar-refractivity contribution is 6.31. The molecule has 0 radical (unpaired) electrons. The van der Waals surface area contributed by atoms with E-state index in [4.69, 9.17) is 17.3 Å². The van der Waals surface area contributed by atoms with Gasteiger partial charge in [-0.1, -0.05) is 30.5 Å². The maximum atomic E-state index is 12.4. The zero-order chi connectivity index (χ0) is 14.0. The van der Waals surface area contributed by atoms with Crippen molar-refractivity contribution < 1.29 is 4.79 Å². The van der Waals surface area contributed by atoms with Crippen molar-refractivity contribution in [2.45, 2.75) is 45.1 Å². The molecule has 1 aromatic carbocycles. The van der Waals surface area contributed by atoms with Crippen LogP contribution in [-0.2, 0) is 4.79 Å². The summed E-state index contributed by atoms with van der Waals surface area (Å²) in [5.41, 5.74) is 7.63. The number of aryl methyl sites for hydroxylation is 1. The smallest absolute Gasteiger partial charge is 0.229 e. The maximum absolute atomic E-state index is 12.4. The van der Waals surface area contributed by atoms with Crippen LogP contribution in [0.5, 0.6) is 0 Å². The Morgan fingerprint density at radius 1 is 1.45 bits per heavy atom. The molecule has 2 unspecified atom stereocenters. The van der Waals surface area contributed by atoms with Crippen LogP contribution in [0, 0.1) is 12.8 Å². The lowest BCUT2D eigenvalue weighted by Crippen LogP contribution is -2.51. The van der Waals surface area contributed by atoms with E-state index in [0.29, 0.717) is 5.02 Å². The fourth-order valence-corrected chi connectivity index (χ4v) is 2.91. The van der Waals surface area contributed by atoms with Crippen LogP contribution in [0.4, 0.5) is 5.69 Å². The number of nitrogens with one attached hydrogen (secondary N) is 1. The summed E-state index contributed by atoms with van der Waals surface area (Å²) in [6, 6.07) is 5.51. The molecule has 2 rings (SSSR count). The van der Waals surface area contributed by atoms with Gasteiger partial charge < -0.3 is 11.1 Å². The van der Waals surface area contributed by atoms with Crippen LogP contribution in [0.1, 0.15) is 38.2 Å². The number of hydrogen-bond donors (Lipinski definition) is 2. The number of carbonyl (C=O) groups is 1. The van der Waals surface area contributed by atoms with Crippen LogP contribution < -0.4 is 11.1 Å². The molecule has 1 aromatic rings. The number of anilines is 1. The van der Waals surface area contributed by atoms with Crippen LogP contribution in [0.25, 0.3) is 0 Å². The van der Waals surface area contributed by atoms with Crippen molar-refractivity contribution in [2.24, 2.45) is 11.7 Å². The molecule has 2 atom stereocenters. The van der Waals surface area contributed by atoms with Crippen molar-refractivity contribution in [1.82, 2.24) is 0 Å². The van der Waals surface area contributed by atoms with Crippen molar-refractivity contribution in [1.29, 1.82) is 0 Å². The molecule has 1 amide bonds. The first-order valence-electron chi connectivity index (χ1n) is 6.76. The molecule has 0 saturated heterocycles. The van der Waals surface area contributed by atoms with Gasteiger partial charge in [-0.3, -0.25) is 4.79 Å². The molecule has 0 heterocycles. The van der Waals surface area contributed by atoms with Crippen molar-refractivity contribution in [3.63, 3.8) is 0 Å². The Balaban J connectivity index is 0.00000200. The molecule has 1 aliphatic rings. The highest BCUT2D eigenvalue weighted by atomic mass is 35.5. The molecule has 0 aromatic heterocycles. The zero-order valence-corrected chi connectivity index (χ0v) is 13.5. The van der Waals surface area contributed by atoms with E-state index in [9.17, 15) is 4.79 Å². The van der Waals surface area contributed by atoms with Gasteiger partial charge in [0.25, 0.3) is 0 Å². The Labute approximate surface area is 131 Å². The van der Waals surface area contributed by atoms with E-state index in [1.54, 1.807) is 6.07 Å². The number of rotatable bonds is 2. The Bertz CT molecular complexity index is 489. The molecule has 3 N–H and O–H groups in total. The van der Waals surface area contributed by atoms with Gasteiger partial charge in [-0.05, 0) is 44.4 Å². The van der Waals surface area contributed by atoms with Crippen LogP contribution in [0.3, 0.4) is 0 Å². The first-order chi connectivity index (χ1) is 8.90. The number of amides is 1. The molecule has 0 spiro atoms. The highest BCUT2D eigenvalue weighted by Gasteiger charge is 2.37. The molecular weight excluding hydrogens is 295 g/mol. The van der Waals surface area contributed by atoms with E-state index in [1.165, 1.54) is 0 Å². The molecule has 112 valence electrons. The van der Waals surface area contributed by atoms with Gasteiger partial charge in [0.1, 0.15) is 0 Å². The summed E-state index contributed by atoms with van der Waals surface area (Å²) in [4.78, 5) is 12.4. The Kier molecular flexibility index (Phi) is 5.87. The Hall–Kier alpha value is -0.770. The molecule has 0 aliphatic heterocycles. The summed E-state index contributed by atoms with van der Waals surface area (Å²) in [7, 11) is 0. The van der Waals surface area contributed by atoms with Crippen molar-refractivity contribution in [2.75, 3.05) is 5.32 Å². The lowest BCUT2D eigenvalue weighted by molar-refractivity contribution is -0.122. The molecule has 1 aliphatic carbocycles. The molecule has 1 fully saturated rings. The van der Waals surface area contributed by atoms with Crippen molar-refractivity contribution in [3.05, 3.63) is 28.8 Å². The molecule has 5 heteroatoms. The topological polar surface area (TPSA) is 55.1 Å². The second-order valence-corrected chi connectivity index (χ2v) is 6.19. The first-order valence-corrected chi connectivity index (χ1v) is 7.14. The van der Waals surface area contributed by atoms with E-state index < -0.39 is 5.54 Å². The van der Waals surface area contributed by atoms with Gasteiger partial charge in [0.15, 0.2) is 0 Å². The minimum absolute atomic E-state index is 0. The molecular formula is C15H22Cl2N2O. The zero-order valence-electron chi connectivity index (χ0n) is 11.9. The summed E-state index contributed by atoms with van der Waals surface area (Å²) in [6.45, 7) is 3.93. The van der Waals surface area contributed by atoms with E-state index in [1.807, 2.05) is 26.0 Å². The second-order valence-electron chi connectivity index (χ2n) is 5.75. The molecule has 20 heavy (non-hydrogen) atoms. The SMILES string of the molecule is Cc1ccc(Cl)cc1NC(=O)C1CCCCC1(C)N.Cl. The predicted octanol–water partition coefficient (Wildman–Crippen LogP) is 3.92. The number of hydrogen-bond acceptors (Lipinski definition) is 2. The summed E-state index contributed by atoms with van der Waals surface area (Å²) < 4.78 is 0. The largest absolute Gasteiger partial charge is 0.325 e. The third-order valence-corrected chi connectivity index (χ3v) is 4.26. The maximum Gasteiger partial charge on any atom is 0.229 e. The summed E-state index contributed by atoms with van der Waals surface area (Å²) >= 11 is 5.97. The quantitative estimate of drug-likeness (QED) is 0.869. The van der Waals surface area contributed by atoms with E-state index in [0.717, 1.165) is 36.9 Å². The lowest BCUT2D eigenvalue weighted by Gasteiger charge is -2.37. The van der Waals surface area contributed by atoms with E-state index in [2.05, 4.69) is 5.32 Å². The van der Waals surface area contributed by atoms with Gasteiger partial charge in [0.05, 0.1) is 5.92 Å². The van der Waals surface area contributed by atoms with Gasteiger partial charge >= 0.3 is 0 Å². The summed E-state index contributed by atoms with van der Waals surface area (Å²) in [5.74, 6) is -0.116. The van der Waals surface area contributed by atoms with Gasteiger partial charge in [-0.25, -0.2) is 0 Å². The fraction of sp³-hybridized carbons (Fsp3) is 0.533. The van der Waals surface area contributed by atoms with Gasteiger partial charge in [-0.15, -0.1) is 12.4 Å². The minimum Gasteiger partial charge on any atom is -0.325 e. The fourth-order valence-electron chi connectivity index (χ4n) is 2.74. The average Bonchev–Trinajstić information content (AvgIpc) is 2.33. The van der Waals surface area contributed by atoms with Gasteiger partial charge in [0, 0.05) is 16.2 Å². The van der Waals surface area contributed by atoms with Crippen molar-refractivity contribution in [3.8, 4) is 0 Å². The third kappa shape index (κ3) is 3.87. The molecule has 0 bridgehead atoms. The molecule has 1 saturated carbocycles. The van der Waals surface area contributed by atoms with Crippen LogP contribution in [0.15, 0.2) is 18.2 Å². The molecule has 3 nitrogen and oxygen atoms in total. The monoisotopic (exact) mass is 316 g/mol. The van der Waals surface area contributed by atoms with Crippen LogP contribution in [0.2, 0.25) is 5.02 Å². The van der Waals surface area contributed by atoms with Crippen LogP contribution >= 0.6 is 24.0 Å². The first kappa shape index (κ1) is 17.3. The Morgan fingerprint density at radius 2 is 2.15 bits per heavy atom. The Morgan fingerprint density at radius 3 is 2.80 bits per heavy atom. The van der Waals surface area contributed by atoms with E-state index >= 15 is 0 Å². The highest BCUT2D eigenvalue weighted by Crippen LogP contribution is 2.33. The standard InChI is InChI=1S/C15H21ClN2O.ClH/c1-10-6-7-11(16)9-13(10)18-14(19)12-5-3-4-8-15(12,2)17;/h6-7,9,12H,3-5,8,17H2,1-2H3,(H,18,19);1H. The van der Waals surface area contributed by atoms with E-state index in [-0.39, 0.29) is 24.2 Å². The second kappa shape index (κ2) is 6.79. The number of benzene rings is 1. The lowest BCUT2D eigenvalue weighted by atomic mass is 9.74. The minimum atomic E-state index is -0.408. The predicted molar refractivity (Wildman–Crippen MR) is 86.6 cm³/mol. The van der Waals surface area contributed by atoms with Gasteiger partial charge in [-0.2, -0.15) is 0 Å². The number of carbonyl (C=O) groups excluding carboxylic acids is 1. The summed E-state index contributed by atoms with van der Waals surface area (Å²) in [6.07, 6.45) is 3.93. The normalized spacial score (nSPS) is 25.7. The number of halogens is 2. The third-order valence-electron chi connectivity index (χ3n) is 4.03. The van der Waals surface area contributed by atoms with Gasteiger partial charge in [0.2, 0.25) is 5.91 Å².